The van der Waals surface area contributed by atoms with Crippen LogP contribution in [0.3, 0.4) is 0 Å². The van der Waals surface area contributed by atoms with Gasteiger partial charge in [-0.15, -0.1) is 0 Å². The zero-order valence-corrected chi connectivity index (χ0v) is 10.7. The molecule has 0 fully saturated rings. The second-order valence-electron chi connectivity index (χ2n) is 4.40. The van der Waals surface area contributed by atoms with E-state index in [1.807, 2.05) is 0 Å². The second-order valence-corrected chi connectivity index (χ2v) is 5.32. The van der Waals surface area contributed by atoms with Crippen molar-refractivity contribution in [2.45, 2.75) is 25.7 Å². The minimum atomic E-state index is 1.13. The monoisotopic (exact) mass is 275 g/mol. The van der Waals surface area contributed by atoms with Gasteiger partial charge in [-0.05, 0) is 55.0 Å². The SMILES string of the molecule is Brc1ccc(-c2cc3c([nH]2)CCCC3)cc1. The van der Waals surface area contributed by atoms with Crippen LogP contribution in [0.5, 0.6) is 0 Å². The Morgan fingerprint density at radius 3 is 2.50 bits per heavy atom. The highest BCUT2D eigenvalue weighted by atomic mass is 79.9. The molecule has 1 aliphatic carbocycles. The van der Waals surface area contributed by atoms with Crippen LogP contribution in [0.25, 0.3) is 11.3 Å². The van der Waals surface area contributed by atoms with Gasteiger partial charge in [-0.25, -0.2) is 0 Å². The summed E-state index contributed by atoms with van der Waals surface area (Å²) in [4.78, 5) is 3.55. The summed E-state index contributed by atoms with van der Waals surface area (Å²) < 4.78 is 1.13. The van der Waals surface area contributed by atoms with Gasteiger partial charge in [-0.3, -0.25) is 0 Å². The zero-order valence-electron chi connectivity index (χ0n) is 9.09. The molecule has 0 atom stereocenters. The summed E-state index contributed by atoms with van der Waals surface area (Å²) in [6.45, 7) is 0. The summed E-state index contributed by atoms with van der Waals surface area (Å²) in [6, 6.07) is 10.8. The molecule has 0 saturated carbocycles. The maximum Gasteiger partial charge on any atom is 0.0458 e. The molecule has 0 radical (unpaired) electrons. The molecule has 0 unspecified atom stereocenters. The standard InChI is InChI=1S/C14H14BrN/c15-12-7-5-10(6-8-12)14-9-11-3-1-2-4-13(11)16-14/h5-9,16H,1-4H2. The van der Waals surface area contributed by atoms with E-state index >= 15 is 0 Å². The lowest BCUT2D eigenvalue weighted by Crippen LogP contribution is -1.99. The molecule has 2 aromatic rings. The van der Waals surface area contributed by atoms with Crippen molar-refractivity contribution in [1.29, 1.82) is 0 Å². The van der Waals surface area contributed by atoms with E-state index < -0.39 is 0 Å². The molecule has 0 spiro atoms. The van der Waals surface area contributed by atoms with Crippen LogP contribution in [0, 0.1) is 0 Å². The van der Waals surface area contributed by atoms with E-state index in [-0.39, 0.29) is 0 Å². The Bertz CT molecular complexity index is 472. The Hall–Kier alpha value is -1.02. The average molecular weight is 276 g/mol. The first kappa shape index (κ1) is 10.2. The Morgan fingerprint density at radius 2 is 1.75 bits per heavy atom. The fourth-order valence-corrected chi connectivity index (χ4v) is 2.65. The molecule has 3 rings (SSSR count). The van der Waals surface area contributed by atoms with Gasteiger partial charge >= 0.3 is 0 Å². The van der Waals surface area contributed by atoms with E-state index in [0.29, 0.717) is 0 Å². The Morgan fingerprint density at radius 1 is 1.00 bits per heavy atom. The van der Waals surface area contributed by atoms with E-state index in [0.717, 1.165) is 4.47 Å². The van der Waals surface area contributed by atoms with Gasteiger partial charge in [0, 0.05) is 15.9 Å². The van der Waals surface area contributed by atoms with Gasteiger partial charge in [0.15, 0.2) is 0 Å². The highest BCUT2D eigenvalue weighted by molar-refractivity contribution is 9.10. The molecule has 1 aromatic carbocycles. The Labute approximate surface area is 104 Å². The first-order valence-corrected chi connectivity index (χ1v) is 6.59. The number of hydrogen-bond acceptors (Lipinski definition) is 0. The van der Waals surface area contributed by atoms with Crippen LogP contribution in [0.1, 0.15) is 24.1 Å². The molecular formula is C14H14BrN. The molecule has 1 heterocycles. The maximum absolute atomic E-state index is 3.55. The van der Waals surface area contributed by atoms with Crippen LogP contribution < -0.4 is 0 Å². The van der Waals surface area contributed by atoms with Gasteiger partial charge in [0.1, 0.15) is 0 Å². The van der Waals surface area contributed by atoms with Crippen molar-refractivity contribution in [3.8, 4) is 11.3 Å². The molecule has 0 bridgehead atoms. The lowest BCUT2D eigenvalue weighted by Gasteiger charge is -2.09. The Balaban J connectivity index is 2.00. The lowest BCUT2D eigenvalue weighted by atomic mass is 9.98. The molecule has 1 nitrogen and oxygen atoms in total. The predicted octanol–water partition coefficient (Wildman–Crippen LogP) is 4.32. The normalized spacial score (nSPS) is 14.8. The highest BCUT2D eigenvalue weighted by Gasteiger charge is 2.12. The van der Waals surface area contributed by atoms with Gasteiger partial charge < -0.3 is 4.98 Å². The molecule has 0 saturated heterocycles. The number of aromatic amines is 1. The highest BCUT2D eigenvalue weighted by Crippen LogP contribution is 2.27. The first-order chi connectivity index (χ1) is 7.83. The van der Waals surface area contributed by atoms with E-state index in [2.05, 4.69) is 51.2 Å². The number of nitrogens with one attached hydrogen (secondary N) is 1. The number of rotatable bonds is 1. The van der Waals surface area contributed by atoms with E-state index in [1.165, 1.54) is 48.2 Å². The third-order valence-electron chi connectivity index (χ3n) is 3.27. The lowest BCUT2D eigenvalue weighted by molar-refractivity contribution is 0.677. The summed E-state index contributed by atoms with van der Waals surface area (Å²) in [5.74, 6) is 0. The van der Waals surface area contributed by atoms with Crippen molar-refractivity contribution < 1.29 is 0 Å². The number of aromatic nitrogens is 1. The van der Waals surface area contributed by atoms with E-state index in [9.17, 15) is 0 Å². The van der Waals surface area contributed by atoms with Crippen molar-refractivity contribution >= 4 is 15.9 Å². The summed E-state index contributed by atoms with van der Waals surface area (Å²) in [5.41, 5.74) is 5.50. The third kappa shape index (κ3) is 1.82. The van der Waals surface area contributed by atoms with Gasteiger partial charge in [0.05, 0.1) is 0 Å². The van der Waals surface area contributed by atoms with Crippen molar-refractivity contribution in [3.05, 3.63) is 46.1 Å². The molecule has 1 aromatic heterocycles. The summed E-state index contributed by atoms with van der Waals surface area (Å²) >= 11 is 3.46. The van der Waals surface area contributed by atoms with Crippen molar-refractivity contribution in [3.63, 3.8) is 0 Å². The number of halogens is 1. The summed E-state index contributed by atoms with van der Waals surface area (Å²) in [6.07, 6.45) is 5.12. The maximum atomic E-state index is 3.55. The molecule has 1 N–H and O–H groups in total. The smallest absolute Gasteiger partial charge is 0.0458 e. The van der Waals surface area contributed by atoms with Gasteiger partial charge in [0.2, 0.25) is 0 Å². The molecular weight excluding hydrogens is 262 g/mol. The molecule has 16 heavy (non-hydrogen) atoms. The molecule has 0 amide bonds. The fraction of sp³-hybridized carbons (Fsp3) is 0.286. The van der Waals surface area contributed by atoms with Crippen LogP contribution in [0.4, 0.5) is 0 Å². The van der Waals surface area contributed by atoms with Crippen molar-refractivity contribution in [2.24, 2.45) is 0 Å². The summed E-state index contributed by atoms with van der Waals surface area (Å²) in [5, 5.41) is 0. The van der Waals surface area contributed by atoms with Crippen LogP contribution >= 0.6 is 15.9 Å². The van der Waals surface area contributed by atoms with Crippen LogP contribution in [0.15, 0.2) is 34.8 Å². The quantitative estimate of drug-likeness (QED) is 0.798. The van der Waals surface area contributed by atoms with E-state index in [4.69, 9.17) is 0 Å². The second kappa shape index (κ2) is 4.10. The number of fused-ring (bicyclic) bond motifs is 1. The van der Waals surface area contributed by atoms with Gasteiger partial charge in [-0.2, -0.15) is 0 Å². The van der Waals surface area contributed by atoms with Crippen LogP contribution in [-0.4, -0.2) is 4.98 Å². The largest absolute Gasteiger partial charge is 0.358 e. The van der Waals surface area contributed by atoms with Crippen LogP contribution in [-0.2, 0) is 12.8 Å². The number of aryl methyl sites for hydroxylation is 2. The molecule has 82 valence electrons. The minimum Gasteiger partial charge on any atom is -0.358 e. The summed E-state index contributed by atoms with van der Waals surface area (Å²) in [7, 11) is 0. The zero-order chi connectivity index (χ0) is 11.0. The molecule has 1 aliphatic rings. The fourth-order valence-electron chi connectivity index (χ4n) is 2.39. The first-order valence-electron chi connectivity index (χ1n) is 5.79. The predicted molar refractivity (Wildman–Crippen MR) is 70.6 cm³/mol. The number of H-pyrrole nitrogens is 1. The van der Waals surface area contributed by atoms with Crippen LogP contribution in [0.2, 0.25) is 0 Å². The van der Waals surface area contributed by atoms with E-state index in [1.54, 1.807) is 0 Å². The minimum absolute atomic E-state index is 1.13. The number of benzene rings is 1. The number of hydrogen-bond donors (Lipinski definition) is 1. The third-order valence-corrected chi connectivity index (χ3v) is 3.80. The Kier molecular flexibility index (Phi) is 2.60. The van der Waals surface area contributed by atoms with Crippen molar-refractivity contribution in [1.82, 2.24) is 4.98 Å². The van der Waals surface area contributed by atoms with Gasteiger partial charge in [0.25, 0.3) is 0 Å². The molecule has 0 aliphatic heterocycles. The topological polar surface area (TPSA) is 15.8 Å². The molecule has 2 heteroatoms. The van der Waals surface area contributed by atoms with Gasteiger partial charge in [-0.1, -0.05) is 28.1 Å². The average Bonchev–Trinajstić information content (AvgIpc) is 2.73. The van der Waals surface area contributed by atoms with Crippen molar-refractivity contribution in [2.75, 3.05) is 0 Å².